The molecule has 12 heavy (non-hydrogen) atoms. The SMILES string of the molecule is CC(C)CN(C)CCN=C(N)N. The Morgan fingerprint density at radius 2 is 2.00 bits per heavy atom. The van der Waals surface area contributed by atoms with Gasteiger partial charge in [0.25, 0.3) is 0 Å². The number of rotatable bonds is 5. The van der Waals surface area contributed by atoms with Crippen molar-refractivity contribution in [1.29, 1.82) is 0 Å². The molecule has 0 rings (SSSR count). The van der Waals surface area contributed by atoms with Gasteiger partial charge >= 0.3 is 0 Å². The highest BCUT2D eigenvalue weighted by Gasteiger charge is 1.99. The van der Waals surface area contributed by atoms with Gasteiger partial charge in [0, 0.05) is 13.1 Å². The number of nitrogens with two attached hydrogens (primary N) is 2. The van der Waals surface area contributed by atoms with Crippen LogP contribution >= 0.6 is 0 Å². The lowest BCUT2D eigenvalue weighted by atomic mass is 10.2. The number of hydrogen-bond acceptors (Lipinski definition) is 2. The molecule has 0 bridgehead atoms. The van der Waals surface area contributed by atoms with E-state index < -0.39 is 0 Å². The molecule has 0 aliphatic rings. The quantitative estimate of drug-likeness (QED) is 0.447. The normalized spacial score (nSPS) is 10.8. The predicted molar refractivity (Wildman–Crippen MR) is 53.0 cm³/mol. The van der Waals surface area contributed by atoms with Gasteiger partial charge in [-0.15, -0.1) is 0 Å². The van der Waals surface area contributed by atoms with E-state index in [0.717, 1.165) is 13.1 Å². The van der Waals surface area contributed by atoms with Crippen LogP contribution in [0.2, 0.25) is 0 Å². The fourth-order valence-corrected chi connectivity index (χ4v) is 1.06. The fraction of sp³-hybridized carbons (Fsp3) is 0.875. The minimum atomic E-state index is 0.174. The van der Waals surface area contributed by atoms with Crippen molar-refractivity contribution in [2.75, 3.05) is 26.7 Å². The van der Waals surface area contributed by atoms with E-state index in [-0.39, 0.29) is 5.96 Å². The molecule has 0 aliphatic carbocycles. The van der Waals surface area contributed by atoms with Crippen molar-refractivity contribution in [2.45, 2.75) is 13.8 Å². The number of aliphatic imine (C=N–C) groups is 1. The van der Waals surface area contributed by atoms with Crippen molar-refractivity contribution < 1.29 is 0 Å². The van der Waals surface area contributed by atoms with Gasteiger partial charge in [0.05, 0.1) is 6.54 Å². The predicted octanol–water partition coefficient (Wildman–Crippen LogP) is -0.152. The third-order valence-electron chi connectivity index (χ3n) is 1.45. The zero-order chi connectivity index (χ0) is 9.56. The van der Waals surface area contributed by atoms with Gasteiger partial charge < -0.3 is 16.4 Å². The van der Waals surface area contributed by atoms with Gasteiger partial charge in [0.2, 0.25) is 0 Å². The lowest BCUT2D eigenvalue weighted by Crippen LogP contribution is -2.28. The molecule has 4 nitrogen and oxygen atoms in total. The van der Waals surface area contributed by atoms with Gasteiger partial charge in [-0.3, -0.25) is 4.99 Å². The lowest BCUT2D eigenvalue weighted by molar-refractivity contribution is 0.303. The van der Waals surface area contributed by atoms with Crippen LogP contribution in [0.25, 0.3) is 0 Å². The molecule has 0 spiro atoms. The van der Waals surface area contributed by atoms with Gasteiger partial charge in [0.15, 0.2) is 5.96 Å². The van der Waals surface area contributed by atoms with Crippen LogP contribution in [0.3, 0.4) is 0 Å². The van der Waals surface area contributed by atoms with E-state index in [9.17, 15) is 0 Å². The Balaban J connectivity index is 3.44. The van der Waals surface area contributed by atoms with E-state index in [1.165, 1.54) is 0 Å². The molecule has 0 saturated heterocycles. The second-order valence-corrected chi connectivity index (χ2v) is 3.46. The molecule has 0 radical (unpaired) electrons. The minimum absolute atomic E-state index is 0.174. The maximum absolute atomic E-state index is 5.19. The molecule has 4 N–H and O–H groups in total. The summed E-state index contributed by atoms with van der Waals surface area (Å²) in [5.74, 6) is 0.863. The summed E-state index contributed by atoms with van der Waals surface area (Å²) >= 11 is 0. The Kier molecular flexibility index (Phi) is 5.45. The first-order valence-electron chi connectivity index (χ1n) is 4.26. The van der Waals surface area contributed by atoms with E-state index in [2.05, 4.69) is 30.8 Å². The second kappa shape index (κ2) is 5.83. The van der Waals surface area contributed by atoms with Crippen LogP contribution in [0.1, 0.15) is 13.8 Å². The van der Waals surface area contributed by atoms with Crippen LogP contribution in [0, 0.1) is 5.92 Å². The van der Waals surface area contributed by atoms with Gasteiger partial charge in [-0.1, -0.05) is 13.8 Å². The number of nitrogens with zero attached hydrogens (tertiary/aromatic N) is 2. The van der Waals surface area contributed by atoms with Crippen LogP contribution in [-0.4, -0.2) is 37.5 Å². The summed E-state index contributed by atoms with van der Waals surface area (Å²) in [5, 5.41) is 0. The van der Waals surface area contributed by atoms with Crippen LogP contribution < -0.4 is 11.5 Å². The topological polar surface area (TPSA) is 67.6 Å². The van der Waals surface area contributed by atoms with Crippen LogP contribution in [0.15, 0.2) is 4.99 Å². The van der Waals surface area contributed by atoms with Gasteiger partial charge in [-0.2, -0.15) is 0 Å². The standard InChI is InChI=1S/C8H20N4/c1-7(2)6-12(3)5-4-11-8(9)10/h7H,4-6H2,1-3H3,(H4,9,10,11). The fourth-order valence-electron chi connectivity index (χ4n) is 1.06. The van der Waals surface area contributed by atoms with Crippen molar-refractivity contribution in [3.63, 3.8) is 0 Å². The van der Waals surface area contributed by atoms with E-state index in [4.69, 9.17) is 11.5 Å². The average Bonchev–Trinajstić information content (AvgIpc) is 1.84. The Labute approximate surface area is 74.6 Å². The zero-order valence-electron chi connectivity index (χ0n) is 8.25. The molecule has 0 aromatic carbocycles. The summed E-state index contributed by atoms with van der Waals surface area (Å²) in [6, 6.07) is 0. The molecule has 0 aromatic heterocycles. The highest BCUT2D eigenvalue weighted by Crippen LogP contribution is 1.94. The monoisotopic (exact) mass is 172 g/mol. The van der Waals surface area contributed by atoms with Crippen molar-refractivity contribution in [3.05, 3.63) is 0 Å². The summed E-state index contributed by atoms with van der Waals surface area (Å²) in [4.78, 5) is 6.12. The Morgan fingerprint density at radius 3 is 2.42 bits per heavy atom. The van der Waals surface area contributed by atoms with Gasteiger partial charge in [-0.25, -0.2) is 0 Å². The second-order valence-electron chi connectivity index (χ2n) is 3.46. The third kappa shape index (κ3) is 7.34. The molecule has 0 fully saturated rings. The first-order chi connectivity index (χ1) is 5.52. The third-order valence-corrected chi connectivity index (χ3v) is 1.45. The molecule has 0 aliphatic heterocycles. The van der Waals surface area contributed by atoms with E-state index in [1.54, 1.807) is 0 Å². The maximum Gasteiger partial charge on any atom is 0.185 e. The highest BCUT2D eigenvalue weighted by atomic mass is 15.1. The maximum atomic E-state index is 5.19. The van der Waals surface area contributed by atoms with Crippen LogP contribution in [0.5, 0.6) is 0 Å². The van der Waals surface area contributed by atoms with Crippen molar-refractivity contribution >= 4 is 5.96 Å². The number of likely N-dealkylation sites (N-methyl/N-ethyl adjacent to an activating group) is 1. The molecule has 0 heterocycles. The molecule has 0 amide bonds. The summed E-state index contributed by atoms with van der Waals surface area (Å²) in [5.41, 5.74) is 10.4. The first kappa shape index (κ1) is 11.2. The molecule has 4 heteroatoms. The van der Waals surface area contributed by atoms with E-state index in [0.29, 0.717) is 12.5 Å². The highest BCUT2D eigenvalue weighted by molar-refractivity contribution is 5.75. The lowest BCUT2D eigenvalue weighted by Gasteiger charge is -2.17. The van der Waals surface area contributed by atoms with E-state index >= 15 is 0 Å². The van der Waals surface area contributed by atoms with Crippen molar-refractivity contribution in [3.8, 4) is 0 Å². The smallest absolute Gasteiger partial charge is 0.185 e. The number of hydrogen-bond donors (Lipinski definition) is 2. The Bertz CT molecular complexity index is 138. The average molecular weight is 172 g/mol. The first-order valence-corrected chi connectivity index (χ1v) is 4.26. The molecule has 0 aromatic rings. The molecule has 72 valence electrons. The summed E-state index contributed by atoms with van der Waals surface area (Å²) in [7, 11) is 2.07. The Hall–Kier alpha value is -0.770. The largest absolute Gasteiger partial charge is 0.370 e. The van der Waals surface area contributed by atoms with Gasteiger partial charge in [-0.05, 0) is 13.0 Å². The van der Waals surface area contributed by atoms with Crippen molar-refractivity contribution in [2.24, 2.45) is 22.4 Å². The zero-order valence-corrected chi connectivity index (χ0v) is 8.25. The molecule has 0 atom stereocenters. The van der Waals surface area contributed by atoms with Crippen LogP contribution in [-0.2, 0) is 0 Å². The summed E-state index contributed by atoms with van der Waals surface area (Å²) in [6.07, 6.45) is 0. The van der Waals surface area contributed by atoms with Crippen molar-refractivity contribution in [1.82, 2.24) is 4.90 Å². The van der Waals surface area contributed by atoms with E-state index in [1.807, 2.05) is 0 Å². The van der Waals surface area contributed by atoms with Crippen LogP contribution in [0.4, 0.5) is 0 Å². The minimum Gasteiger partial charge on any atom is -0.370 e. The molecular formula is C8H20N4. The number of guanidine groups is 1. The molecule has 0 saturated carbocycles. The molecular weight excluding hydrogens is 152 g/mol. The summed E-state index contributed by atoms with van der Waals surface area (Å²) < 4.78 is 0. The molecule has 0 unspecified atom stereocenters. The Morgan fingerprint density at radius 1 is 1.42 bits per heavy atom. The van der Waals surface area contributed by atoms with Gasteiger partial charge in [0.1, 0.15) is 0 Å². The summed E-state index contributed by atoms with van der Waals surface area (Å²) in [6.45, 7) is 7.07.